The number of nitrogens with zero attached hydrogens (tertiary/aromatic N) is 1. The monoisotopic (exact) mass is 271 g/mol. The predicted molar refractivity (Wildman–Crippen MR) is 82.6 cm³/mol. The third-order valence-electron chi connectivity index (χ3n) is 3.20. The van der Waals surface area contributed by atoms with Gasteiger partial charge in [-0.2, -0.15) is 0 Å². The summed E-state index contributed by atoms with van der Waals surface area (Å²) < 4.78 is 2.09. The van der Waals surface area contributed by atoms with Gasteiger partial charge < -0.3 is 15.2 Å². The molecule has 1 aromatic heterocycles. The van der Waals surface area contributed by atoms with Crippen LogP contribution in [0.5, 0.6) is 0 Å². The fourth-order valence-corrected chi connectivity index (χ4v) is 1.83. The largest absolute Gasteiger partial charge is 0.379 e. The van der Waals surface area contributed by atoms with Gasteiger partial charge >= 0.3 is 0 Å². The summed E-state index contributed by atoms with van der Waals surface area (Å²) in [7, 11) is 2.03. The van der Waals surface area contributed by atoms with Crippen molar-refractivity contribution in [1.29, 1.82) is 0 Å². The third kappa shape index (κ3) is 3.63. The van der Waals surface area contributed by atoms with E-state index in [0.717, 1.165) is 17.9 Å². The van der Waals surface area contributed by atoms with Gasteiger partial charge in [-0.1, -0.05) is 13.8 Å². The lowest BCUT2D eigenvalue weighted by atomic mass is 10.2. The molecule has 0 fully saturated rings. The number of aromatic nitrogens is 1. The molecule has 4 heteroatoms. The summed E-state index contributed by atoms with van der Waals surface area (Å²) in [6.45, 7) is 4.54. The van der Waals surface area contributed by atoms with Crippen LogP contribution in [0.25, 0.3) is 0 Å². The van der Waals surface area contributed by atoms with Gasteiger partial charge in [0, 0.05) is 36.2 Å². The lowest BCUT2D eigenvalue weighted by Gasteiger charge is -2.10. The summed E-state index contributed by atoms with van der Waals surface area (Å²) in [6, 6.07) is 11.9. The Kier molecular flexibility index (Phi) is 4.45. The van der Waals surface area contributed by atoms with Crippen molar-refractivity contribution in [2.75, 3.05) is 10.6 Å². The van der Waals surface area contributed by atoms with Gasteiger partial charge in [0.25, 0.3) is 0 Å². The molecule has 2 aromatic rings. The van der Waals surface area contributed by atoms with Gasteiger partial charge in [0.05, 0.1) is 6.54 Å². The Balaban J connectivity index is 1.91. The van der Waals surface area contributed by atoms with Crippen LogP contribution in [0.15, 0.2) is 42.6 Å². The Bertz CT molecular complexity index is 570. The number of carbonyl (C=O) groups is 1. The number of carbonyl (C=O) groups excluding carboxylic acids is 1. The van der Waals surface area contributed by atoms with Gasteiger partial charge in [0.1, 0.15) is 0 Å². The van der Waals surface area contributed by atoms with E-state index < -0.39 is 0 Å². The molecule has 0 saturated heterocycles. The van der Waals surface area contributed by atoms with Crippen LogP contribution < -0.4 is 10.6 Å². The molecular formula is C16H21N3O. The van der Waals surface area contributed by atoms with Gasteiger partial charge in [-0.25, -0.2) is 0 Å². The summed E-state index contributed by atoms with van der Waals surface area (Å²) in [5.41, 5.74) is 3.09. The highest BCUT2D eigenvalue weighted by molar-refractivity contribution is 5.92. The Labute approximate surface area is 119 Å². The molecule has 2 N–H and O–H groups in total. The average Bonchev–Trinajstić information content (AvgIpc) is 2.83. The molecular weight excluding hydrogens is 250 g/mol. The molecule has 0 unspecified atom stereocenters. The molecule has 0 atom stereocenters. The van der Waals surface area contributed by atoms with Gasteiger partial charge in [0.2, 0.25) is 5.91 Å². The van der Waals surface area contributed by atoms with E-state index in [1.807, 2.05) is 57.4 Å². The molecule has 0 spiro atoms. The molecule has 1 amide bonds. The van der Waals surface area contributed by atoms with Crippen LogP contribution in [0, 0.1) is 5.92 Å². The van der Waals surface area contributed by atoms with E-state index in [0.29, 0.717) is 0 Å². The second-order valence-corrected chi connectivity index (χ2v) is 5.19. The third-order valence-corrected chi connectivity index (χ3v) is 3.20. The van der Waals surface area contributed by atoms with Crippen LogP contribution in [0.2, 0.25) is 0 Å². The highest BCUT2D eigenvalue weighted by Crippen LogP contribution is 2.15. The highest BCUT2D eigenvalue weighted by atomic mass is 16.1. The van der Waals surface area contributed by atoms with Gasteiger partial charge in [-0.15, -0.1) is 0 Å². The normalized spacial score (nSPS) is 10.6. The molecule has 0 bridgehead atoms. The lowest BCUT2D eigenvalue weighted by Crippen LogP contribution is -2.17. The average molecular weight is 271 g/mol. The van der Waals surface area contributed by atoms with Gasteiger partial charge in [0.15, 0.2) is 0 Å². The molecule has 0 aliphatic heterocycles. The minimum absolute atomic E-state index is 0.00913. The smallest absolute Gasteiger partial charge is 0.226 e. The molecule has 20 heavy (non-hydrogen) atoms. The fraction of sp³-hybridized carbons (Fsp3) is 0.312. The first-order valence-electron chi connectivity index (χ1n) is 6.81. The van der Waals surface area contributed by atoms with Crippen LogP contribution in [0.3, 0.4) is 0 Å². The second kappa shape index (κ2) is 6.28. The zero-order valence-corrected chi connectivity index (χ0v) is 12.2. The maximum Gasteiger partial charge on any atom is 0.226 e. The maximum atomic E-state index is 11.6. The number of rotatable bonds is 5. The molecule has 106 valence electrons. The SMILES string of the molecule is CC(C)C(=O)Nc1ccc(NCc2cccn2C)cc1. The zero-order valence-electron chi connectivity index (χ0n) is 12.2. The lowest BCUT2D eigenvalue weighted by molar-refractivity contribution is -0.118. The van der Waals surface area contributed by atoms with E-state index in [4.69, 9.17) is 0 Å². The number of benzene rings is 1. The molecule has 4 nitrogen and oxygen atoms in total. The van der Waals surface area contributed by atoms with E-state index in [-0.39, 0.29) is 11.8 Å². The Morgan fingerprint density at radius 2 is 1.80 bits per heavy atom. The predicted octanol–water partition coefficient (Wildman–Crippen LogP) is 3.23. The maximum absolute atomic E-state index is 11.6. The standard InChI is InChI=1S/C16H21N3O/c1-12(2)16(20)18-14-8-6-13(7-9-14)17-11-15-5-4-10-19(15)3/h4-10,12,17H,11H2,1-3H3,(H,18,20). The van der Waals surface area contributed by atoms with E-state index in [9.17, 15) is 4.79 Å². The van der Waals surface area contributed by atoms with E-state index in [1.54, 1.807) is 0 Å². The van der Waals surface area contributed by atoms with Crippen LogP contribution in [-0.2, 0) is 18.4 Å². The molecule has 1 aromatic carbocycles. The van der Waals surface area contributed by atoms with Crippen molar-refractivity contribution in [3.05, 3.63) is 48.3 Å². The topological polar surface area (TPSA) is 46.1 Å². The van der Waals surface area contributed by atoms with Crippen molar-refractivity contribution in [1.82, 2.24) is 4.57 Å². The minimum Gasteiger partial charge on any atom is -0.379 e. The minimum atomic E-state index is -0.00913. The summed E-state index contributed by atoms with van der Waals surface area (Å²) >= 11 is 0. The molecule has 2 rings (SSSR count). The first-order chi connectivity index (χ1) is 9.56. The van der Waals surface area contributed by atoms with Gasteiger partial charge in [-0.3, -0.25) is 4.79 Å². The molecule has 0 saturated carbocycles. The van der Waals surface area contributed by atoms with Crippen molar-refractivity contribution in [3.63, 3.8) is 0 Å². The first-order valence-corrected chi connectivity index (χ1v) is 6.81. The quantitative estimate of drug-likeness (QED) is 0.877. The molecule has 0 aliphatic carbocycles. The summed E-state index contributed by atoms with van der Waals surface area (Å²) in [5.74, 6) is 0.0275. The number of nitrogens with one attached hydrogen (secondary N) is 2. The molecule has 1 heterocycles. The Hall–Kier alpha value is -2.23. The fourth-order valence-electron chi connectivity index (χ4n) is 1.83. The number of amides is 1. The summed E-state index contributed by atoms with van der Waals surface area (Å²) in [5, 5.41) is 6.23. The Morgan fingerprint density at radius 3 is 2.35 bits per heavy atom. The number of aryl methyl sites for hydroxylation is 1. The van der Waals surface area contributed by atoms with E-state index >= 15 is 0 Å². The molecule has 0 aliphatic rings. The number of anilines is 2. The van der Waals surface area contributed by atoms with Gasteiger partial charge in [-0.05, 0) is 36.4 Å². The van der Waals surface area contributed by atoms with Crippen LogP contribution in [0.1, 0.15) is 19.5 Å². The van der Waals surface area contributed by atoms with Crippen LogP contribution in [-0.4, -0.2) is 10.5 Å². The summed E-state index contributed by atoms with van der Waals surface area (Å²) in [6.07, 6.45) is 2.03. The van der Waals surface area contributed by atoms with E-state index in [2.05, 4.69) is 21.3 Å². The van der Waals surface area contributed by atoms with E-state index in [1.165, 1.54) is 5.69 Å². The van der Waals surface area contributed by atoms with Crippen molar-refractivity contribution in [2.24, 2.45) is 13.0 Å². The van der Waals surface area contributed by atoms with Crippen molar-refractivity contribution in [3.8, 4) is 0 Å². The number of hydrogen-bond acceptors (Lipinski definition) is 2. The van der Waals surface area contributed by atoms with Crippen molar-refractivity contribution >= 4 is 17.3 Å². The first kappa shape index (κ1) is 14.2. The zero-order chi connectivity index (χ0) is 14.5. The second-order valence-electron chi connectivity index (χ2n) is 5.19. The molecule has 0 radical (unpaired) electrons. The number of hydrogen-bond donors (Lipinski definition) is 2. The van der Waals surface area contributed by atoms with Crippen molar-refractivity contribution < 1.29 is 4.79 Å². The van der Waals surface area contributed by atoms with Crippen molar-refractivity contribution in [2.45, 2.75) is 20.4 Å². The van der Waals surface area contributed by atoms with Crippen LogP contribution >= 0.6 is 0 Å². The highest BCUT2D eigenvalue weighted by Gasteiger charge is 2.06. The summed E-state index contributed by atoms with van der Waals surface area (Å²) in [4.78, 5) is 11.6. The van der Waals surface area contributed by atoms with Crippen LogP contribution in [0.4, 0.5) is 11.4 Å². The Morgan fingerprint density at radius 1 is 1.15 bits per heavy atom.